The van der Waals surface area contributed by atoms with Gasteiger partial charge in [0.1, 0.15) is 11.6 Å². The quantitative estimate of drug-likeness (QED) is 0.434. The Labute approximate surface area is 198 Å². The number of carbonyl (C=O) groups excluding carboxylic acids is 1. The molecular formula is C28H28FN3O2. The summed E-state index contributed by atoms with van der Waals surface area (Å²) in [7, 11) is 1.65. The van der Waals surface area contributed by atoms with Crippen LogP contribution in [-0.4, -0.2) is 49.1 Å². The highest BCUT2D eigenvalue weighted by Gasteiger charge is 2.27. The van der Waals surface area contributed by atoms with Gasteiger partial charge in [-0.15, -0.1) is 0 Å². The van der Waals surface area contributed by atoms with Gasteiger partial charge in [-0.2, -0.15) is 0 Å². The molecule has 1 saturated heterocycles. The molecule has 0 bridgehead atoms. The second-order valence-electron chi connectivity index (χ2n) is 8.64. The summed E-state index contributed by atoms with van der Waals surface area (Å²) < 4.78 is 19.5. The second kappa shape index (κ2) is 9.59. The molecule has 3 aromatic carbocycles. The molecule has 0 aliphatic carbocycles. The molecule has 1 amide bonds. The number of nitrogens with zero attached hydrogens (tertiary/aromatic N) is 2. The fourth-order valence-electron chi connectivity index (χ4n) is 4.83. The van der Waals surface area contributed by atoms with Crippen molar-refractivity contribution in [3.05, 3.63) is 95.9 Å². The number of aromatic nitrogens is 1. The van der Waals surface area contributed by atoms with E-state index in [4.69, 9.17) is 4.74 Å². The van der Waals surface area contributed by atoms with Crippen LogP contribution in [-0.2, 0) is 4.79 Å². The van der Waals surface area contributed by atoms with Crippen molar-refractivity contribution in [3.63, 3.8) is 0 Å². The number of aromatic amines is 1. The van der Waals surface area contributed by atoms with Crippen LogP contribution in [0.2, 0.25) is 0 Å². The number of H-pyrrole nitrogens is 1. The van der Waals surface area contributed by atoms with Gasteiger partial charge in [-0.25, -0.2) is 4.39 Å². The number of amides is 1. The van der Waals surface area contributed by atoms with Crippen LogP contribution in [0.1, 0.15) is 23.5 Å². The normalized spacial score (nSPS) is 14.9. The van der Waals surface area contributed by atoms with Crippen molar-refractivity contribution in [3.8, 4) is 5.75 Å². The van der Waals surface area contributed by atoms with Crippen LogP contribution < -0.4 is 9.64 Å². The predicted octanol–water partition coefficient (Wildman–Crippen LogP) is 5.19. The van der Waals surface area contributed by atoms with Crippen molar-refractivity contribution < 1.29 is 13.9 Å². The zero-order valence-electron chi connectivity index (χ0n) is 19.2. The fraction of sp³-hybridized carbons (Fsp3) is 0.250. The third-order valence-electron chi connectivity index (χ3n) is 6.72. The third kappa shape index (κ3) is 4.36. The number of methoxy groups -OCH3 is 1. The van der Waals surface area contributed by atoms with Crippen LogP contribution in [0, 0.1) is 5.82 Å². The van der Waals surface area contributed by atoms with Crippen LogP contribution in [0.15, 0.2) is 79.0 Å². The molecule has 1 atom stereocenters. The molecule has 1 unspecified atom stereocenters. The first-order valence-corrected chi connectivity index (χ1v) is 11.6. The van der Waals surface area contributed by atoms with Gasteiger partial charge in [-0.1, -0.05) is 42.5 Å². The number of carbonyl (C=O) groups is 1. The van der Waals surface area contributed by atoms with Crippen LogP contribution in [0.4, 0.5) is 10.1 Å². The van der Waals surface area contributed by atoms with Crippen molar-refractivity contribution in [2.24, 2.45) is 0 Å². The van der Waals surface area contributed by atoms with Crippen LogP contribution >= 0.6 is 0 Å². The van der Waals surface area contributed by atoms with E-state index in [1.54, 1.807) is 19.2 Å². The van der Waals surface area contributed by atoms with Crippen LogP contribution in [0.5, 0.6) is 5.75 Å². The van der Waals surface area contributed by atoms with Gasteiger partial charge in [0.15, 0.2) is 0 Å². The summed E-state index contributed by atoms with van der Waals surface area (Å²) in [5, 5.41) is 1.13. The summed E-state index contributed by atoms with van der Waals surface area (Å²) in [5.41, 5.74) is 3.84. The zero-order chi connectivity index (χ0) is 23.5. The van der Waals surface area contributed by atoms with E-state index in [0.29, 0.717) is 38.3 Å². The topological polar surface area (TPSA) is 48.6 Å². The summed E-state index contributed by atoms with van der Waals surface area (Å²) in [6.07, 6.45) is 2.39. The highest BCUT2D eigenvalue weighted by atomic mass is 19.1. The predicted molar refractivity (Wildman–Crippen MR) is 133 cm³/mol. The Morgan fingerprint density at radius 2 is 1.68 bits per heavy atom. The van der Waals surface area contributed by atoms with E-state index < -0.39 is 0 Å². The Morgan fingerprint density at radius 3 is 2.41 bits per heavy atom. The minimum absolute atomic E-state index is 0.0841. The van der Waals surface area contributed by atoms with E-state index in [1.165, 1.54) is 6.07 Å². The van der Waals surface area contributed by atoms with Gasteiger partial charge in [0.25, 0.3) is 0 Å². The standard InChI is InChI=1S/C28H28FN3O2/c1-34-21-12-10-20(11-13-21)23(24-19-30-26-8-4-2-6-22(24)26)18-28(33)32-16-14-31(15-17-32)27-9-5-3-7-25(27)29/h2-13,19,23,30H,14-18H2,1H3. The number of ether oxygens (including phenoxy) is 1. The number of anilines is 1. The number of hydrogen-bond donors (Lipinski definition) is 1. The Kier molecular flexibility index (Phi) is 6.21. The number of piperazine rings is 1. The van der Waals surface area contributed by atoms with Gasteiger partial charge in [0, 0.05) is 55.6 Å². The molecule has 174 valence electrons. The molecule has 6 heteroatoms. The molecule has 0 saturated carbocycles. The maximum absolute atomic E-state index is 14.2. The lowest BCUT2D eigenvalue weighted by atomic mass is 9.87. The van der Waals surface area contributed by atoms with Gasteiger partial charge in [-0.3, -0.25) is 4.79 Å². The number of fused-ring (bicyclic) bond motifs is 1. The van der Waals surface area contributed by atoms with Gasteiger partial charge in [-0.05, 0) is 41.5 Å². The maximum Gasteiger partial charge on any atom is 0.223 e. The third-order valence-corrected chi connectivity index (χ3v) is 6.72. The maximum atomic E-state index is 14.2. The molecule has 34 heavy (non-hydrogen) atoms. The molecule has 1 aliphatic rings. The van der Waals surface area contributed by atoms with Gasteiger partial charge < -0.3 is 19.5 Å². The van der Waals surface area contributed by atoms with Crippen LogP contribution in [0.3, 0.4) is 0 Å². The Bertz CT molecular complexity index is 1280. The number of benzene rings is 3. The smallest absolute Gasteiger partial charge is 0.223 e. The Balaban J connectivity index is 1.36. The molecule has 1 aliphatic heterocycles. The molecule has 2 heterocycles. The second-order valence-corrected chi connectivity index (χ2v) is 8.64. The number of para-hydroxylation sites is 2. The molecule has 5 rings (SSSR count). The summed E-state index contributed by atoms with van der Waals surface area (Å²) in [4.78, 5) is 20.7. The lowest BCUT2D eigenvalue weighted by Gasteiger charge is -2.36. The van der Waals surface area contributed by atoms with Gasteiger partial charge in [0.2, 0.25) is 5.91 Å². The van der Waals surface area contributed by atoms with E-state index in [2.05, 4.69) is 11.1 Å². The van der Waals surface area contributed by atoms with Crippen molar-refractivity contribution in [1.82, 2.24) is 9.88 Å². The molecule has 1 aromatic heterocycles. The van der Waals surface area contributed by atoms with E-state index in [-0.39, 0.29) is 17.6 Å². The van der Waals surface area contributed by atoms with Crippen molar-refractivity contribution in [2.75, 3.05) is 38.2 Å². The minimum atomic E-state index is -0.221. The average Bonchev–Trinajstić information content (AvgIpc) is 3.32. The van der Waals surface area contributed by atoms with Crippen molar-refractivity contribution in [2.45, 2.75) is 12.3 Å². The molecule has 0 spiro atoms. The lowest BCUT2D eigenvalue weighted by Crippen LogP contribution is -2.49. The first-order chi connectivity index (χ1) is 16.6. The largest absolute Gasteiger partial charge is 0.497 e. The van der Waals surface area contributed by atoms with E-state index in [1.807, 2.05) is 64.5 Å². The van der Waals surface area contributed by atoms with Crippen molar-refractivity contribution >= 4 is 22.5 Å². The summed E-state index contributed by atoms with van der Waals surface area (Å²) in [6.45, 7) is 2.40. The summed E-state index contributed by atoms with van der Waals surface area (Å²) in [5.74, 6) is 0.594. The molecule has 5 nitrogen and oxygen atoms in total. The Morgan fingerprint density at radius 1 is 0.971 bits per heavy atom. The van der Waals surface area contributed by atoms with E-state index in [0.717, 1.165) is 27.8 Å². The summed E-state index contributed by atoms with van der Waals surface area (Å²) >= 11 is 0. The molecule has 0 radical (unpaired) electrons. The highest BCUT2D eigenvalue weighted by molar-refractivity contribution is 5.86. The fourth-order valence-corrected chi connectivity index (χ4v) is 4.83. The molecule has 1 N–H and O–H groups in total. The number of hydrogen-bond acceptors (Lipinski definition) is 3. The SMILES string of the molecule is COc1ccc(C(CC(=O)N2CCN(c3ccccc3F)CC2)c2c[nH]c3ccccc23)cc1. The van der Waals surface area contributed by atoms with Crippen molar-refractivity contribution in [1.29, 1.82) is 0 Å². The average molecular weight is 458 g/mol. The van der Waals surface area contributed by atoms with Gasteiger partial charge in [0.05, 0.1) is 12.8 Å². The molecular weight excluding hydrogens is 429 g/mol. The Hall–Kier alpha value is -3.80. The van der Waals surface area contributed by atoms with E-state index in [9.17, 15) is 9.18 Å². The number of rotatable bonds is 6. The summed E-state index contributed by atoms with van der Waals surface area (Å²) in [6, 6.07) is 22.9. The highest BCUT2D eigenvalue weighted by Crippen LogP contribution is 2.35. The number of nitrogens with one attached hydrogen (secondary N) is 1. The molecule has 1 fully saturated rings. The number of halogens is 1. The first-order valence-electron chi connectivity index (χ1n) is 11.6. The monoisotopic (exact) mass is 457 g/mol. The zero-order valence-corrected chi connectivity index (χ0v) is 19.2. The van der Waals surface area contributed by atoms with E-state index >= 15 is 0 Å². The first kappa shape index (κ1) is 22.0. The van der Waals surface area contributed by atoms with Crippen LogP contribution in [0.25, 0.3) is 10.9 Å². The lowest BCUT2D eigenvalue weighted by molar-refractivity contribution is -0.131. The van der Waals surface area contributed by atoms with Gasteiger partial charge >= 0.3 is 0 Å². The molecule has 4 aromatic rings. The minimum Gasteiger partial charge on any atom is -0.497 e.